The van der Waals surface area contributed by atoms with Gasteiger partial charge in [0.2, 0.25) is 0 Å². The Balaban J connectivity index is 1.44. The minimum Gasteiger partial charge on any atom is -0.493 e. The van der Waals surface area contributed by atoms with Crippen LogP contribution in [0.15, 0.2) is 68.6 Å². The lowest BCUT2D eigenvalue weighted by atomic mass is 10.2. The van der Waals surface area contributed by atoms with Gasteiger partial charge < -0.3 is 13.9 Å². The molecule has 3 aromatic carbocycles. The molecule has 0 saturated carbocycles. The molecule has 0 aliphatic carbocycles. The maximum Gasteiger partial charge on any atom is 0.307 e. The van der Waals surface area contributed by atoms with Gasteiger partial charge in [-0.1, -0.05) is 29.3 Å². The highest BCUT2D eigenvalue weighted by Gasteiger charge is 2.15. The van der Waals surface area contributed by atoms with Crippen LogP contribution in [0.3, 0.4) is 0 Å². The van der Waals surface area contributed by atoms with Gasteiger partial charge in [0.15, 0.2) is 17.3 Å². The van der Waals surface area contributed by atoms with E-state index in [1.54, 1.807) is 24.3 Å². The summed E-state index contributed by atoms with van der Waals surface area (Å²) in [7, 11) is 1.50. The smallest absolute Gasteiger partial charge is 0.307 e. The molecule has 4 rings (SSSR count). The van der Waals surface area contributed by atoms with Gasteiger partial charge >= 0.3 is 5.91 Å². The second-order valence-corrected chi connectivity index (χ2v) is 9.02. The third-order valence-electron chi connectivity index (χ3n) is 4.97. The number of ether oxygens (including phenoxy) is 2. The summed E-state index contributed by atoms with van der Waals surface area (Å²) >= 11 is 15.5. The number of carbonyl (C=O) groups is 1. The van der Waals surface area contributed by atoms with Crippen LogP contribution in [-0.4, -0.2) is 24.2 Å². The second-order valence-electron chi connectivity index (χ2n) is 7.35. The molecule has 0 radical (unpaired) electrons. The van der Waals surface area contributed by atoms with Crippen LogP contribution < -0.4 is 14.9 Å². The number of non-ortho nitro benzene ring substituents is 1. The molecule has 36 heavy (non-hydrogen) atoms. The van der Waals surface area contributed by atoms with Crippen molar-refractivity contribution in [2.45, 2.75) is 6.61 Å². The van der Waals surface area contributed by atoms with Crippen LogP contribution in [0.5, 0.6) is 11.5 Å². The highest BCUT2D eigenvalue weighted by Crippen LogP contribution is 2.34. The quantitative estimate of drug-likeness (QED) is 0.137. The van der Waals surface area contributed by atoms with E-state index in [0.717, 1.165) is 5.56 Å². The molecule has 0 aliphatic rings. The van der Waals surface area contributed by atoms with Gasteiger partial charge in [0.25, 0.3) is 5.69 Å². The summed E-state index contributed by atoms with van der Waals surface area (Å²) in [6.45, 7) is 0.240. The Kier molecular flexibility index (Phi) is 7.78. The third kappa shape index (κ3) is 5.78. The van der Waals surface area contributed by atoms with Gasteiger partial charge in [0, 0.05) is 27.6 Å². The van der Waals surface area contributed by atoms with Crippen molar-refractivity contribution < 1.29 is 23.6 Å². The average molecular weight is 593 g/mol. The first-order chi connectivity index (χ1) is 17.2. The molecule has 0 unspecified atom stereocenters. The Labute approximate surface area is 222 Å². The number of fused-ring (bicyclic) bond motifs is 1. The van der Waals surface area contributed by atoms with Crippen molar-refractivity contribution >= 4 is 67.9 Å². The molecule has 0 bridgehead atoms. The number of hydrogen-bond acceptors (Lipinski definition) is 7. The van der Waals surface area contributed by atoms with Gasteiger partial charge in [-0.05, 0) is 57.9 Å². The summed E-state index contributed by atoms with van der Waals surface area (Å²) in [5.41, 5.74) is 4.05. The van der Waals surface area contributed by atoms with E-state index in [9.17, 15) is 14.9 Å². The number of hydrogen-bond donors (Lipinski definition) is 1. The van der Waals surface area contributed by atoms with E-state index in [1.807, 2.05) is 6.07 Å². The normalized spacial score (nSPS) is 11.1. The molecule has 0 saturated heterocycles. The largest absolute Gasteiger partial charge is 0.493 e. The minimum atomic E-state index is -0.616. The lowest BCUT2D eigenvalue weighted by Crippen LogP contribution is -2.16. The number of methoxy groups -OCH3 is 1. The van der Waals surface area contributed by atoms with E-state index in [0.29, 0.717) is 42.5 Å². The molecule has 0 spiro atoms. The monoisotopic (exact) mass is 591 g/mol. The molecule has 1 aromatic heterocycles. The predicted octanol–water partition coefficient (Wildman–Crippen LogP) is 6.76. The van der Waals surface area contributed by atoms with Crippen molar-refractivity contribution in [3.63, 3.8) is 0 Å². The first-order valence-corrected chi connectivity index (χ1v) is 11.8. The van der Waals surface area contributed by atoms with Crippen LogP contribution in [0, 0.1) is 10.1 Å². The van der Waals surface area contributed by atoms with Crippen molar-refractivity contribution in [2.75, 3.05) is 7.11 Å². The first-order valence-electron chi connectivity index (χ1n) is 10.2. The van der Waals surface area contributed by atoms with Crippen LogP contribution in [0.4, 0.5) is 5.69 Å². The number of amides is 1. The number of halogens is 3. The van der Waals surface area contributed by atoms with Crippen molar-refractivity contribution in [1.29, 1.82) is 0 Å². The van der Waals surface area contributed by atoms with Crippen molar-refractivity contribution in [3.05, 3.63) is 96.1 Å². The Morgan fingerprint density at radius 3 is 2.67 bits per heavy atom. The zero-order valence-corrected chi connectivity index (χ0v) is 21.6. The molecule has 12 heteroatoms. The number of nitrogens with zero attached hydrogens (tertiary/aromatic N) is 2. The summed E-state index contributed by atoms with van der Waals surface area (Å²) in [4.78, 5) is 22.8. The number of nitro benzene ring substituents is 1. The van der Waals surface area contributed by atoms with Crippen LogP contribution >= 0.6 is 39.1 Å². The highest BCUT2D eigenvalue weighted by atomic mass is 79.9. The lowest BCUT2D eigenvalue weighted by Gasteiger charge is -2.13. The number of hydrazone groups is 1. The van der Waals surface area contributed by atoms with E-state index in [2.05, 4.69) is 26.5 Å². The Hall–Kier alpha value is -3.60. The van der Waals surface area contributed by atoms with E-state index in [-0.39, 0.29) is 18.1 Å². The van der Waals surface area contributed by atoms with E-state index in [1.165, 1.54) is 37.6 Å². The van der Waals surface area contributed by atoms with Crippen molar-refractivity contribution in [2.24, 2.45) is 5.10 Å². The number of rotatable bonds is 8. The van der Waals surface area contributed by atoms with E-state index in [4.69, 9.17) is 37.1 Å². The average Bonchev–Trinajstić information content (AvgIpc) is 3.29. The Morgan fingerprint density at radius 2 is 1.94 bits per heavy atom. The van der Waals surface area contributed by atoms with Gasteiger partial charge in [0.05, 0.1) is 28.3 Å². The number of nitrogens with one attached hydrogen (secondary N) is 1. The van der Waals surface area contributed by atoms with Crippen molar-refractivity contribution in [1.82, 2.24) is 5.43 Å². The second kappa shape index (κ2) is 11.0. The van der Waals surface area contributed by atoms with E-state index >= 15 is 0 Å². The van der Waals surface area contributed by atoms with Crippen LogP contribution in [-0.2, 0) is 6.61 Å². The summed E-state index contributed by atoms with van der Waals surface area (Å²) < 4.78 is 17.4. The predicted molar refractivity (Wildman–Crippen MR) is 139 cm³/mol. The molecule has 1 heterocycles. The minimum absolute atomic E-state index is 0.0367. The molecule has 1 N–H and O–H groups in total. The van der Waals surface area contributed by atoms with Crippen LogP contribution in [0.1, 0.15) is 21.7 Å². The Bertz CT molecular complexity index is 1500. The molecule has 0 aliphatic heterocycles. The molecular weight excluding hydrogens is 577 g/mol. The van der Waals surface area contributed by atoms with Crippen LogP contribution in [0.25, 0.3) is 11.0 Å². The Morgan fingerprint density at radius 1 is 1.14 bits per heavy atom. The fourth-order valence-corrected chi connectivity index (χ4v) is 3.93. The van der Waals surface area contributed by atoms with Gasteiger partial charge in [0.1, 0.15) is 12.2 Å². The molecular formula is C24H16BrCl2N3O6. The fraction of sp³-hybridized carbons (Fsp3) is 0.0833. The highest BCUT2D eigenvalue weighted by molar-refractivity contribution is 9.10. The lowest BCUT2D eigenvalue weighted by molar-refractivity contribution is -0.384. The van der Waals surface area contributed by atoms with Crippen LogP contribution in [0.2, 0.25) is 10.0 Å². The summed E-state index contributed by atoms with van der Waals surface area (Å²) in [5, 5.41) is 16.2. The maximum absolute atomic E-state index is 12.4. The number of benzene rings is 3. The third-order valence-corrected chi connectivity index (χ3v) is 6.39. The SMILES string of the molecule is COc1cc(/C=N/NC(=O)c2cc3cc([N+](=O)[O-])ccc3o2)c(Br)cc1OCc1ccc(Cl)c(Cl)c1. The zero-order valence-electron chi connectivity index (χ0n) is 18.5. The number of furan rings is 1. The molecule has 0 atom stereocenters. The maximum atomic E-state index is 12.4. The molecule has 1 amide bonds. The van der Waals surface area contributed by atoms with Gasteiger partial charge in [-0.25, -0.2) is 5.43 Å². The molecule has 184 valence electrons. The fourth-order valence-electron chi connectivity index (χ4n) is 3.18. The molecule has 9 nitrogen and oxygen atoms in total. The standard InChI is InChI=1S/C24H16BrCl2N3O6/c1-34-21-9-15(17(25)10-22(21)35-12-13-2-4-18(26)19(27)6-13)11-28-29-24(31)23-8-14-7-16(30(32)33)3-5-20(14)36-23/h2-11H,12H2,1H3,(H,29,31)/b28-11+. The van der Waals surface area contributed by atoms with Gasteiger partial charge in [-0.2, -0.15) is 5.10 Å². The topological polar surface area (TPSA) is 116 Å². The van der Waals surface area contributed by atoms with Crippen molar-refractivity contribution in [3.8, 4) is 11.5 Å². The number of nitro groups is 1. The van der Waals surface area contributed by atoms with E-state index < -0.39 is 10.8 Å². The van der Waals surface area contributed by atoms with Gasteiger partial charge in [-0.3, -0.25) is 14.9 Å². The summed E-state index contributed by atoms with van der Waals surface area (Å²) in [5.74, 6) is 0.276. The zero-order chi connectivity index (χ0) is 25.8. The molecule has 0 fully saturated rings. The first kappa shape index (κ1) is 25.5. The summed E-state index contributed by atoms with van der Waals surface area (Å²) in [6.07, 6.45) is 1.42. The summed E-state index contributed by atoms with van der Waals surface area (Å²) in [6, 6.07) is 14.1. The molecule has 4 aromatic rings. The number of carbonyl (C=O) groups excluding carboxylic acids is 1. The van der Waals surface area contributed by atoms with Gasteiger partial charge in [-0.15, -0.1) is 0 Å².